The summed E-state index contributed by atoms with van der Waals surface area (Å²) in [6.45, 7) is 7.22. The molecule has 2 aliphatic rings. The van der Waals surface area contributed by atoms with E-state index in [0.29, 0.717) is 6.04 Å². The van der Waals surface area contributed by atoms with E-state index in [0.717, 1.165) is 45.6 Å². The molecule has 0 aromatic rings. The summed E-state index contributed by atoms with van der Waals surface area (Å²) in [6, 6.07) is 0.536. The summed E-state index contributed by atoms with van der Waals surface area (Å²) in [5.74, 6) is -0.686. The van der Waals surface area contributed by atoms with Crippen molar-refractivity contribution in [1.29, 1.82) is 0 Å². The second-order valence-electron chi connectivity index (χ2n) is 5.67. The molecular formula is C13H25N3O2. The molecule has 104 valence electrons. The van der Waals surface area contributed by atoms with Crippen LogP contribution in [0.4, 0.5) is 0 Å². The van der Waals surface area contributed by atoms with Crippen molar-refractivity contribution in [2.75, 3.05) is 39.8 Å². The molecule has 0 radical (unpaired) electrons. The summed E-state index contributed by atoms with van der Waals surface area (Å²) in [5, 5.41) is 12.3. The number of hydrogen-bond donors (Lipinski definition) is 2. The van der Waals surface area contributed by atoms with Gasteiger partial charge in [0.2, 0.25) is 0 Å². The molecule has 0 aromatic carbocycles. The Morgan fingerprint density at radius 1 is 1.44 bits per heavy atom. The van der Waals surface area contributed by atoms with Crippen molar-refractivity contribution in [3.05, 3.63) is 0 Å². The topological polar surface area (TPSA) is 55.8 Å². The summed E-state index contributed by atoms with van der Waals surface area (Å²) in [7, 11) is 2.11. The van der Waals surface area contributed by atoms with Crippen molar-refractivity contribution in [3.63, 3.8) is 0 Å². The van der Waals surface area contributed by atoms with E-state index in [-0.39, 0.29) is 12.0 Å². The third kappa shape index (κ3) is 2.68. The monoisotopic (exact) mass is 255 g/mol. The van der Waals surface area contributed by atoms with E-state index >= 15 is 0 Å². The SMILES string of the molecule is CCN1CCC(N(C)C2(CC(=O)O)CNC2)CC1. The highest BCUT2D eigenvalue weighted by Gasteiger charge is 2.45. The molecule has 2 heterocycles. The summed E-state index contributed by atoms with van der Waals surface area (Å²) in [5.41, 5.74) is -0.148. The van der Waals surface area contributed by atoms with Crippen LogP contribution < -0.4 is 5.32 Å². The Bertz CT molecular complexity index is 297. The molecule has 2 N–H and O–H groups in total. The molecule has 5 heteroatoms. The summed E-state index contributed by atoms with van der Waals surface area (Å²) < 4.78 is 0. The molecule has 0 unspecified atom stereocenters. The Balaban J connectivity index is 1.93. The number of likely N-dealkylation sites (tertiary alicyclic amines) is 1. The van der Waals surface area contributed by atoms with Crippen LogP contribution in [0.1, 0.15) is 26.2 Å². The van der Waals surface area contributed by atoms with E-state index in [2.05, 4.69) is 29.1 Å². The number of carbonyl (C=O) groups is 1. The van der Waals surface area contributed by atoms with Crippen LogP contribution in [-0.2, 0) is 4.79 Å². The Morgan fingerprint density at radius 2 is 2.06 bits per heavy atom. The third-order valence-corrected chi connectivity index (χ3v) is 4.69. The van der Waals surface area contributed by atoms with E-state index in [1.165, 1.54) is 0 Å². The van der Waals surface area contributed by atoms with Gasteiger partial charge >= 0.3 is 5.97 Å². The van der Waals surface area contributed by atoms with Gasteiger partial charge < -0.3 is 15.3 Å². The number of rotatable bonds is 5. The number of carboxylic acids is 1. The van der Waals surface area contributed by atoms with Gasteiger partial charge in [0.15, 0.2) is 0 Å². The van der Waals surface area contributed by atoms with Crippen LogP contribution in [0.5, 0.6) is 0 Å². The zero-order valence-corrected chi connectivity index (χ0v) is 11.5. The minimum atomic E-state index is -0.686. The molecule has 2 aliphatic heterocycles. The quantitative estimate of drug-likeness (QED) is 0.736. The van der Waals surface area contributed by atoms with Gasteiger partial charge in [-0.25, -0.2) is 0 Å². The second kappa shape index (κ2) is 5.55. The zero-order chi connectivity index (χ0) is 13.2. The van der Waals surface area contributed by atoms with Crippen LogP contribution >= 0.6 is 0 Å². The van der Waals surface area contributed by atoms with Gasteiger partial charge in [0.05, 0.1) is 12.0 Å². The maximum absolute atomic E-state index is 11.0. The maximum atomic E-state index is 11.0. The predicted molar refractivity (Wildman–Crippen MR) is 70.8 cm³/mol. The normalized spacial score (nSPS) is 25.1. The summed E-state index contributed by atoms with van der Waals surface area (Å²) in [6.07, 6.45) is 2.57. The lowest BCUT2D eigenvalue weighted by atomic mass is 9.84. The first-order valence-electron chi connectivity index (χ1n) is 6.95. The molecule has 5 nitrogen and oxygen atoms in total. The van der Waals surface area contributed by atoms with Crippen molar-refractivity contribution in [3.8, 4) is 0 Å². The molecule has 0 aromatic heterocycles. The van der Waals surface area contributed by atoms with Gasteiger partial charge in [-0.15, -0.1) is 0 Å². The number of nitrogens with one attached hydrogen (secondary N) is 1. The van der Waals surface area contributed by atoms with E-state index in [9.17, 15) is 4.79 Å². The minimum Gasteiger partial charge on any atom is -0.481 e. The molecule has 0 bridgehead atoms. The Morgan fingerprint density at radius 3 is 2.44 bits per heavy atom. The average molecular weight is 255 g/mol. The van der Waals surface area contributed by atoms with Crippen molar-refractivity contribution < 1.29 is 9.90 Å². The molecule has 18 heavy (non-hydrogen) atoms. The highest BCUT2D eigenvalue weighted by molar-refractivity contribution is 5.68. The van der Waals surface area contributed by atoms with Crippen LogP contribution in [0.2, 0.25) is 0 Å². The second-order valence-corrected chi connectivity index (χ2v) is 5.67. The van der Waals surface area contributed by atoms with E-state index < -0.39 is 5.97 Å². The molecule has 0 aliphatic carbocycles. The van der Waals surface area contributed by atoms with Gasteiger partial charge in [-0.3, -0.25) is 9.69 Å². The molecule has 0 spiro atoms. The molecule has 2 fully saturated rings. The van der Waals surface area contributed by atoms with Gasteiger partial charge in [0.25, 0.3) is 0 Å². The molecule has 2 rings (SSSR count). The number of carboxylic acid groups (broad SMARTS) is 1. The van der Waals surface area contributed by atoms with Crippen molar-refractivity contribution in [2.24, 2.45) is 0 Å². The van der Waals surface area contributed by atoms with E-state index in [1.54, 1.807) is 0 Å². The molecular weight excluding hydrogens is 230 g/mol. The third-order valence-electron chi connectivity index (χ3n) is 4.69. The Kier molecular flexibility index (Phi) is 4.25. The Labute approximate surface area is 109 Å². The molecule has 0 atom stereocenters. The highest BCUT2D eigenvalue weighted by Crippen LogP contribution is 2.29. The minimum absolute atomic E-state index is 0.148. The number of piperidine rings is 1. The smallest absolute Gasteiger partial charge is 0.305 e. The van der Waals surface area contributed by atoms with Crippen molar-refractivity contribution >= 4 is 5.97 Å². The average Bonchev–Trinajstić information content (AvgIpc) is 2.33. The van der Waals surface area contributed by atoms with Gasteiger partial charge in [-0.05, 0) is 39.5 Å². The van der Waals surface area contributed by atoms with Crippen molar-refractivity contribution in [2.45, 2.75) is 37.8 Å². The number of nitrogens with zero attached hydrogens (tertiary/aromatic N) is 2. The largest absolute Gasteiger partial charge is 0.481 e. The van der Waals surface area contributed by atoms with Gasteiger partial charge in [-0.2, -0.15) is 0 Å². The summed E-state index contributed by atoms with van der Waals surface area (Å²) >= 11 is 0. The fraction of sp³-hybridized carbons (Fsp3) is 0.923. The lowest BCUT2D eigenvalue weighted by molar-refractivity contribution is -0.142. The summed E-state index contributed by atoms with van der Waals surface area (Å²) in [4.78, 5) is 15.8. The number of hydrogen-bond acceptors (Lipinski definition) is 4. The van der Waals surface area contributed by atoms with E-state index in [1.807, 2.05) is 0 Å². The lowest BCUT2D eigenvalue weighted by Crippen LogP contribution is -2.71. The fourth-order valence-electron chi connectivity index (χ4n) is 3.20. The fourth-order valence-corrected chi connectivity index (χ4v) is 3.20. The van der Waals surface area contributed by atoms with Crippen molar-refractivity contribution in [1.82, 2.24) is 15.1 Å². The maximum Gasteiger partial charge on any atom is 0.305 e. The van der Waals surface area contributed by atoms with Gasteiger partial charge in [0.1, 0.15) is 0 Å². The predicted octanol–water partition coefficient (Wildman–Crippen LogP) is 0.219. The zero-order valence-electron chi connectivity index (χ0n) is 11.5. The molecule has 0 amide bonds. The van der Waals surface area contributed by atoms with Crippen LogP contribution in [0, 0.1) is 0 Å². The Hall–Kier alpha value is -0.650. The highest BCUT2D eigenvalue weighted by atomic mass is 16.4. The standard InChI is InChI=1S/C13H25N3O2/c1-3-16-6-4-11(5-7-16)15(2)13(8-12(17)18)9-14-10-13/h11,14H,3-10H2,1-2H3,(H,17,18). The number of aliphatic carboxylic acids is 1. The van der Waals surface area contributed by atoms with E-state index in [4.69, 9.17) is 5.11 Å². The van der Waals surface area contributed by atoms with Crippen LogP contribution in [0.15, 0.2) is 0 Å². The number of likely N-dealkylation sites (N-methyl/N-ethyl adjacent to an activating group) is 1. The van der Waals surface area contributed by atoms with Crippen LogP contribution in [-0.4, -0.2) is 72.2 Å². The lowest BCUT2D eigenvalue weighted by Gasteiger charge is -2.52. The first kappa shape index (κ1) is 13.8. The first-order valence-corrected chi connectivity index (χ1v) is 6.95. The molecule has 2 saturated heterocycles. The van der Waals surface area contributed by atoms with Crippen LogP contribution in [0.3, 0.4) is 0 Å². The van der Waals surface area contributed by atoms with Gasteiger partial charge in [-0.1, -0.05) is 6.92 Å². The first-order chi connectivity index (χ1) is 8.57. The van der Waals surface area contributed by atoms with Crippen LogP contribution in [0.25, 0.3) is 0 Å². The van der Waals surface area contributed by atoms with Gasteiger partial charge in [0, 0.05) is 19.1 Å². The molecule has 0 saturated carbocycles.